The van der Waals surface area contributed by atoms with Crippen LogP contribution in [0, 0.1) is 10.1 Å². The smallest absolute Gasteiger partial charge is 0.271 e. The number of carbonyl (C=O) groups excluding carboxylic acids is 1. The van der Waals surface area contributed by atoms with Gasteiger partial charge in [-0.05, 0) is 31.7 Å². The van der Waals surface area contributed by atoms with Gasteiger partial charge in [0, 0.05) is 17.8 Å². The first kappa shape index (κ1) is 20.8. The zero-order chi connectivity index (χ0) is 19.9. The van der Waals surface area contributed by atoms with Gasteiger partial charge >= 0.3 is 0 Å². The molecule has 0 heterocycles. The zero-order valence-electron chi connectivity index (χ0n) is 15.3. The van der Waals surface area contributed by atoms with Crippen LogP contribution in [0.1, 0.15) is 44.9 Å². The Morgan fingerprint density at radius 3 is 2.44 bits per heavy atom. The van der Waals surface area contributed by atoms with Crippen molar-refractivity contribution in [2.24, 2.45) is 5.10 Å². The summed E-state index contributed by atoms with van der Waals surface area (Å²) in [5, 5.41) is 15.1. The van der Waals surface area contributed by atoms with Gasteiger partial charge in [-0.2, -0.15) is 5.10 Å². The van der Waals surface area contributed by atoms with E-state index in [2.05, 4.69) is 10.5 Å². The first-order chi connectivity index (χ1) is 12.8. The molecule has 1 aromatic carbocycles. The van der Waals surface area contributed by atoms with Crippen molar-refractivity contribution in [3.05, 3.63) is 34.4 Å². The highest BCUT2D eigenvalue weighted by Gasteiger charge is 2.22. The second kappa shape index (κ2) is 9.45. The van der Waals surface area contributed by atoms with E-state index in [4.69, 9.17) is 0 Å². The fraction of sp³-hybridized carbons (Fsp3) is 0.529. The maximum atomic E-state index is 12.2. The van der Waals surface area contributed by atoms with Crippen LogP contribution < -0.4 is 9.73 Å². The molecule has 1 aliphatic carbocycles. The van der Waals surface area contributed by atoms with Gasteiger partial charge in [-0.3, -0.25) is 19.2 Å². The SMILES string of the molecule is CS(=O)(=O)N(CC(=O)NN=C1CCCCCCC1)c1cccc([N+](=O)[O-])c1. The number of hydrogen-bond acceptors (Lipinski definition) is 6. The Balaban J connectivity index is 2.11. The molecule has 9 nitrogen and oxygen atoms in total. The van der Waals surface area contributed by atoms with Gasteiger partial charge in [0.15, 0.2) is 0 Å². The first-order valence-electron chi connectivity index (χ1n) is 8.84. The lowest BCUT2D eigenvalue weighted by atomic mass is 9.99. The van der Waals surface area contributed by atoms with Gasteiger partial charge in [-0.15, -0.1) is 0 Å². The molecule has 1 aromatic rings. The van der Waals surface area contributed by atoms with E-state index in [1.807, 2.05) is 0 Å². The number of nitrogens with one attached hydrogen (secondary N) is 1. The third-order valence-corrected chi connectivity index (χ3v) is 5.43. The molecule has 27 heavy (non-hydrogen) atoms. The number of anilines is 1. The lowest BCUT2D eigenvalue weighted by Crippen LogP contribution is -2.39. The molecule has 0 radical (unpaired) electrons. The number of nitro groups is 1. The third kappa shape index (κ3) is 6.63. The number of sulfonamides is 1. The number of benzene rings is 1. The Hall–Kier alpha value is -2.49. The van der Waals surface area contributed by atoms with Crippen LogP contribution in [-0.2, 0) is 14.8 Å². The summed E-state index contributed by atoms with van der Waals surface area (Å²) in [4.78, 5) is 22.5. The maximum Gasteiger partial charge on any atom is 0.271 e. The van der Waals surface area contributed by atoms with E-state index in [-0.39, 0.29) is 11.4 Å². The number of nitro benzene ring substituents is 1. The molecule has 1 saturated carbocycles. The number of nitrogens with zero attached hydrogens (tertiary/aromatic N) is 3. The Morgan fingerprint density at radius 1 is 1.22 bits per heavy atom. The van der Waals surface area contributed by atoms with Crippen molar-refractivity contribution < 1.29 is 18.1 Å². The third-order valence-electron chi connectivity index (χ3n) is 4.29. The van der Waals surface area contributed by atoms with Gasteiger partial charge in [-0.25, -0.2) is 13.8 Å². The molecule has 1 amide bonds. The molecular formula is C17H24N4O5S. The lowest BCUT2D eigenvalue weighted by molar-refractivity contribution is -0.384. The number of rotatable bonds is 6. The number of amides is 1. The first-order valence-corrected chi connectivity index (χ1v) is 10.7. The Bertz CT molecular complexity index is 812. The van der Waals surface area contributed by atoms with E-state index < -0.39 is 27.4 Å². The van der Waals surface area contributed by atoms with Crippen molar-refractivity contribution in [1.29, 1.82) is 0 Å². The predicted octanol–water partition coefficient (Wildman–Crippen LogP) is 2.58. The van der Waals surface area contributed by atoms with Crippen LogP contribution >= 0.6 is 0 Å². The van der Waals surface area contributed by atoms with Gasteiger partial charge in [0.05, 0.1) is 16.9 Å². The number of non-ortho nitro benzene ring substituents is 1. The van der Waals surface area contributed by atoms with E-state index >= 15 is 0 Å². The predicted molar refractivity (Wildman–Crippen MR) is 103 cm³/mol. The van der Waals surface area contributed by atoms with Crippen molar-refractivity contribution in [3.8, 4) is 0 Å². The molecule has 0 atom stereocenters. The standard InChI is InChI=1S/C17H24N4O5S/c1-27(25,26)20(15-10-7-11-16(12-15)21(23)24)13-17(22)19-18-14-8-5-3-2-4-6-9-14/h7,10-12H,2-6,8-9,13H2,1H3,(H,19,22). The normalized spacial score (nSPS) is 15.4. The molecule has 1 N–H and O–H groups in total. The molecule has 10 heteroatoms. The van der Waals surface area contributed by atoms with Crippen LogP contribution in [0.3, 0.4) is 0 Å². The van der Waals surface area contributed by atoms with Crippen LogP contribution in [0.4, 0.5) is 11.4 Å². The monoisotopic (exact) mass is 396 g/mol. The second-order valence-corrected chi connectivity index (χ2v) is 8.43. The lowest BCUT2D eigenvalue weighted by Gasteiger charge is -2.21. The van der Waals surface area contributed by atoms with E-state index in [9.17, 15) is 23.3 Å². The number of carbonyl (C=O) groups is 1. The minimum atomic E-state index is -3.81. The molecule has 1 fully saturated rings. The highest BCUT2D eigenvalue weighted by atomic mass is 32.2. The van der Waals surface area contributed by atoms with Gasteiger partial charge in [0.2, 0.25) is 10.0 Å². The van der Waals surface area contributed by atoms with Gasteiger partial charge in [0.1, 0.15) is 6.54 Å². The topological polar surface area (TPSA) is 122 Å². The van der Waals surface area contributed by atoms with Gasteiger partial charge < -0.3 is 0 Å². The molecule has 0 unspecified atom stereocenters. The van der Waals surface area contributed by atoms with Crippen LogP contribution in [0.5, 0.6) is 0 Å². The molecule has 2 rings (SSSR count). The fourth-order valence-electron chi connectivity index (χ4n) is 2.89. The minimum Gasteiger partial charge on any atom is -0.271 e. The molecule has 148 valence electrons. The largest absolute Gasteiger partial charge is 0.271 e. The Morgan fingerprint density at radius 2 is 1.85 bits per heavy atom. The molecule has 0 bridgehead atoms. The summed E-state index contributed by atoms with van der Waals surface area (Å²) in [5.41, 5.74) is 3.13. The second-order valence-electron chi connectivity index (χ2n) is 6.53. The van der Waals surface area contributed by atoms with Crippen molar-refractivity contribution in [3.63, 3.8) is 0 Å². The highest BCUT2D eigenvalue weighted by Crippen LogP contribution is 2.23. The van der Waals surface area contributed by atoms with E-state index in [0.29, 0.717) is 0 Å². The van der Waals surface area contributed by atoms with E-state index in [0.717, 1.165) is 60.9 Å². The van der Waals surface area contributed by atoms with Crippen molar-refractivity contribution >= 4 is 33.0 Å². The summed E-state index contributed by atoms with van der Waals surface area (Å²) in [6.07, 6.45) is 8.13. The molecule has 0 spiro atoms. The van der Waals surface area contributed by atoms with Crippen LogP contribution in [0.25, 0.3) is 0 Å². The van der Waals surface area contributed by atoms with Gasteiger partial charge in [0.25, 0.3) is 11.6 Å². The van der Waals surface area contributed by atoms with E-state index in [1.54, 1.807) is 0 Å². The Labute approximate surface area is 158 Å². The average Bonchev–Trinajstić information content (AvgIpc) is 2.57. The minimum absolute atomic E-state index is 0.0560. The average molecular weight is 396 g/mol. The Kier molecular flexibility index (Phi) is 7.28. The molecule has 0 aromatic heterocycles. The molecule has 1 aliphatic rings. The van der Waals surface area contributed by atoms with Crippen molar-refractivity contribution in [2.45, 2.75) is 44.9 Å². The summed E-state index contributed by atoms with van der Waals surface area (Å²) in [6.45, 7) is -0.503. The molecular weight excluding hydrogens is 372 g/mol. The van der Waals surface area contributed by atoms with Gasteiger partial charge in [-0.1, -0.05) is 25.3 Å². The fourth-order valence-corrected chi connectivity index (χ4v) is 3.74. The highest BCUT2D eigenvalue weighted by molar-refractivity contribution is 7.92. The zero-order valence-corrected chi connectivity index (χ0v) is 16.1. The maximum absolute atomic E-state index is 12.2. The number of hydrogen-bond donors (Lipinski definition) is 1. The summed E-state index contributed by atoms with van der Waals surface area (Å²) in [7, 11) is -3.81. The van der Waals surface area contributed by atoms with Crippen molar-refractivity contribution in [2.75, 3.05) is 17.1 Å². The van der Waals surface area contributed by atoms with Crippen molar-refractivity contribution in [1.82, 2.24) is 5.43 Å². The molecule has 0 saturated heterocycles. The summed E-state index contributed by atoms with van der Waals surface area (Å²) in [6, 6.07) is 5.15. The quantitative estimate of drug-likeness (QED) is 0.585. The van der Waals surface area contributed by atoms with Crippen LogP contribution in [0.2, 0.25) is 0 Å². The van der Waals surface area contributed by atoms with Crippen LogP contribution in [0.15, 0.2) is 29.4 Å². The van der Waals surface area contributed by atoms with Crippen LogP contribution in [-0.4, -0.2) is 37.8 Å². The summed E-state index contributed by atoms with van der Waals surface area (Å²) < 4.78 is 25.0. The summed E-state index contributed by atoms with van der Waals surface area (Å²) in [5.74, 6) is -0.596. The number of hydrazone groups is 1. The van der Waals surface area contributed by atoms with E-state index in [1.165, 1.54) is 24.6 Å². The molecule has 0 aliphatic heterocycles. The summed E-state index contributed by atoms with van der Waals surface area (Å²) >= 11 is 0.